The molecule has 6 heteroatoms. The molecule has 3 rings (SSSR count). The minimum Gasteiger partial charge on any atom is -0.361 e. The minimum atomic E-state index is -0.215. The second-order valence-corrected chi connectivity index (χ2v) is 6.52. The second kappa shape index (κ2) is 6.16. The Balaban J connectivity index is 1.80. The molecule has 1 amide bonds. The van der Waals surface area contributed by atoms with E-state index in [0.717, 1.165) is 22.6 Å². The van der Waals surface area contributed by atoms with Gasteiger partial charge in [0, 0.05) is 19.1 Å². The van der Waals surface area contributed by atoms with Crippen LogP contribution in [0.3, 0.4) is 0 Å². The van der Waals surface area contributed by atoms with Gasteiger partial charge in [0.2, 0.25) is 0 Å². The predicted molar refractivity (Wildman–Crippen MR) is 90.9 cm³/mol. The lowest BCUT2D eigenvalue weighted by molar-refractivity contribution is 0.0921. The normalized spacial score (nSPS) is 19.3. The first-order valence-corrected chi connectivity index (χ1v) is 7.94. The van der Waals surface area contributed by atoms with Gasteiger partial charge in [-0.3, -0.25) is 4.79 Å². The van der Waals surface area contributed by atoms with Crippen molar-refractivity contribution in [2.75, 3.05) is 19.0 Å². The molecule has 1 aliphatic rings. The number of hydrogen-bond donors (Lipinski definition) is 1. The molecule has 2 unspecified atom stereocenters. The lowest BCUT2D eigenvalue weighted by Crippen LogP contribution is -2.31. The average molecular weight is 331 g/mol. The topological polar surface area (TPSA) is 58.1 Å². The minimum absolute atomic E-state index is 0.0495. The smallest absolute Gasteiger partial charge is 0.272 e. The average Bonchev–Trinajstić information content (AvgIpc) is 2.85. The first-order chi connectivity index (χ1) is 11.0. The van der Waals surface area contributed by atoms with Gasteiger partial charge in [0.15, 0.2) is 11.5 Å². The Hall–Kier alpha value is -2.14. The molecule has 0 radical (unpaired) electrons. The molecule has 2 aromatic rings. The fourth-order valence-electron chi connectivity index (χ4n) is 2.95. The number of carbonyl (C=O) groups is 1. The van der Waals surface area contributed by atoms with E-state index in [1.807, 2.05) is 37.2 Å². The lowest BCUT2D eigenvalue weighted by Gasteiger charge is -2.18. The number of benzene rings is 1. The second-order valence-electron chi connectivity index (χ2n) is 6.11. The molecule has 0 aliphatic heterocycles. The summed E-state index contributed by atoms with van der Waals surface area (Å²) in [5, 5.41) is 11.9. The molecule has 5 nitrogen and oxygen atoms in total. The number of halogens is 1. The third-order valence-electron chi connectivity index (χ3n) is 4.21. The van der Waals surface area contributed by atoms with E-state index in [4.69, 9.17) is 11.6 Å². The molecule has 0 spiro atoms. The highest BCUT2D eigenvalue weighted by atomic mass is 35.5. The Morgan fingerprint density at radius 1 is 1.26 bits per heavy atom. The molecule has 0 bridgehead atoms. The number of nitrogens with zero attached hydrogens (tertiary/aromatic N) is 3. The van der Waals surface area contributed by atoms with Gasteiger partial charge in [0.05, 0.1) is 6.04 Å². The summed E-state index contributed by atoms with van der Waals surface area (Å²) >= 11 is 6.26. The summed E-state index contributed by atoms with van der Waals surface area (Å²) in [6.45, 7) is 2.11. The number of rotatable bonds is 3. The van der Waals surface area contributed by atoms with E-state index in [1.54, 1.807) is 12.1 Å². The van der Waals surface area contributed by atoms with Crippen LogP contribution >= 0.6 is 11.6 Å². The number of fused-ring (bicyclic) bond motifs is 1. The van der Waals surface area contributed by atoms with E-state index in [9.17, 15) is 4.79 Å². The molecule has 1 N–H and O–H groups in total. The zero-order valence-corrected chi connectivity index (χ0v) is 14.1. The van der Waals surface area contributed by atoms with E-state index in [2.05, 4.69) is 22.4 Å². The number of carbonyl (C=O) groups excluding carboxylic acids is 1. The predicted octanol–water partition coefficient (Wildman–Crippen LogP) is 2.86. The van der Waals surface area contributed by atoms with E-state index in [0.29, 0.717) is 17.4 Å². The van der Waals surface area contributed by atoms with Crippen molar-refractivity contribution >= 4 is 23.3 Å². The van der Waals surface area contributed by atoms with Crippen LogP contribution < -0.4 is 10.2 Å². The van der Waals surface area contributed by atoms with Crippen molar-refractivity contribution in [3.05, 3.63) is 52.2 Å². The summed E-state index contributed by atoms with van der Waals surface area (Å²) in [5.41, 5.74) is 2.54. The van der Waals surface area contributed by atoms with Gasteiger partial charge in [0.1, 0.15) is 0 Å². The number of nitrogens with one attached hydrogen (secondary N) is 1. The van der Waals surface area contributed by atoms with Crippen LogP contribution in [0.15, 0.2) is 30.3 Å². The molecular formula is C17H19ClN4O. The summed E-state index contributed by atoms with van der Waals surface area (Å²) in [4.78, 5) is 14.3. The van der Waals surface area contributed by atoms with Crippen molar-refractivity contribution in [3.63, 3.8) is 0 Å². The molecule has 2 atom stereocenters. The van der Waals surface area contributed by atoms with E-state index >= 15 is 0 Å². The van der Waals surface area contributed by atoms with Crippen molar-refractivity contribution in [3.8, 4) is 0 Å². The van der Waals surface area contributed by atoms with Crippen LogP contribution in [0.5, 0.6) is 0 Å². The Kier molecular flexibility index (Phi) is 4.22. The van der Waals surface area contributed by atoms with Crippen LogP contribution in [0.2, 0.25) is 5.02 Å². The van der Waals surface area contributed by atoms with Gasteiger partial charge >= 0.3 is 0 Å². The van der Waals surface area contributed by atoms with Crippen LogP contribution in [0.1, 0.15) is 34.6 Å². The summed E-state index contributed by atoms with van der Waals surface area (Å²) in [6.07, 6.45) is 0.866. The Labute approximate surface area is 140 Å². The van der Waals surface area contributed by atoms with Gasteiger partial charge in [0.25, 0.3) is 5.91 Å². The molecule has 1 aromatic carbocycles. The first-order valence-electron chi connectivity index (χ1n) is 7.56. The van der Waals surface area contributed by atoms with Crippen LogP contribution in [-0.4, -0.2) is 30.2 Å². The number of anilines is 1. The van der Waals surface area contributed by atoms with E-state index < -0.39 is 0 Å². The molecule has 1 heterocycles. The molecule has 1 aliphatic carbocycles. The Morgan fingerprint density at radius 3 is 2.70 bits per heavy atom. The van der Waals surface area contributed by atoms with Crippen molar-refractivity contribution in [1.29, 1.82) is 0 Å². The molecule has 23 heavy (non-hydrogen) atoms. The van der Waals surface area contributed by atoms with Gasteiger partial charge in [-0.2, -0.15) is 0 Å². The zero-order chi connectivity index (χ0) is 16.6. The fraction of sp³-hybridized carbons (Fsp3) is 0.353. The molecule has 0 saturated carbocycles. The number of amides is 1. The van der Waals surface area contributed by atoms with E-state index in [1.165, 1.54) is 0 Å². The van der Waals surface area contributed by atoms with E-state index in [-0.39, 0.29) is 11.9 Å². The van der Waals surface area contributed by atoms with Crippen LogP contribution in [0.4, 0.5) is 5.82 Å². The first kappa shape index (κ1) is 15.7. The summed E-state index contributed by atoms with van der Waals surface area (Å²) in [7, 11) is 3.76. The van der Waals surface area contributed by atoms with Gasteiger partial charge < -0.3 is 10.2 Å². The quantitative estimate of drug-likeness (QED) is 0.940. The fourth-order valence-corrected chi connectivity index (χ4v) is 3.21. The van der Waals surface area contributed by atoms with Gasteiger partial charge in [-0.15, -0.1) is 10.2 Å². The van der Waals surface area contributed by atoms with Crippen molar-refractivity contribution in [1.82, 2.24) is 15.5 Å². The maximum Gasteiger partial charge on any atom is 0.272 e. The van der Waals surface area contributed by atoms with Gasteiger partial charge in [-0.25, -0.2) is 0 Å². The van der Waals surface area contributed by atoms with Crippen LogP contribution in [0.25, 0.3) is 0 Å². The SMILES string of the molecule is CC1Cc2c(Cl)cccc2C1NC(=O)c1ccc(N(C)C)nn1. The zero-order valence-electron chi connectivity index (χ0n) is 13.4. The summed E-state index contributed by atoms with van der Waals surface area (Å²) < 4.78 is 0. The number of aromatic nitrogens is 2. The van der Waals surface area contributed by atoms with Gasteiger partial charge in [-0.05, 0) is 41.7 Å². The Morgan fingerprint density at radius 2 is 2.04 bits per heavy atom. The maximum atomic E-state index is 12.5. The summed E-state index contributed by atoms with van der Waals surface area (Å²) in [6, 6.07) is 9.26. The highest BCUT2D eigenvalue weighted by molar-refractivity contribution is 6.31. The van der Waals surface area contributed by atoms with Crippen molar-refractivity contribution in [2.45, 2.75) is 19.4 Å². The van der Waals surface area contributed by atoms with Crippen LogP contribution in [0, 0.1) is 5.92 Å². The molecule has 0 saturated heterocycles. The maximum absolute atomic E-state index is 12.5. The Bertz CT molecular complexity index is 730. The monoisotopic (exact) mass is 330 g/mol. The highest BCUT2D eigenvalue weighted by Gasteiger charge is 2.32. The third-order valence-corrected chi connectivity index (χ3v) is 4.57. The van der Waals surface area contributed by atoms with Gasteiger partial charge in [-0.1, -0.05) is 30.7 Å². The molecular weight excluding hydrogens is 312 g/mol. The molecule has 0 fully saturated rings. The lowest BCUT2D eigenvalue weighted by atomic mass is 10.0. The van der Waals surface area contributed by atoms with Crippen molar-refractivity contribution < 1.29 is 4.79 Å². The number of hydrogen-bond acceptors (Lipinski definition) is 4. The molecule has 1 aromatic heterocycles. The largest absolute Gasteiger partial charge is 0.361 e. The third kappa shape index (κ3) is 3.01. The highest BCUT2D eigenvalue weighted by Crippen LogP contribution is 2.39. The van der Waals surface area contributed by atoms with Crippen molar-refractivity contribution in [2.24, 2.45) is 5.92 Å². The molecule has 120 valence electrons. The summed E-state index contributed by atoms with van der Waals surface area (Å²) in [5.74, 6) is 0.795. The standard InChI is InChI=1S/C17H19ClN4O/c1-10-9-12-11(5-4-6-13(12)18)16(10)19-17(23)14-7-8-15(21-20-14)22(2)3/h4-8,10,16H,9H2,1-3H3,(H,19,23). The van der Waals surface area contributed by atoms with Crippen LogP contribution in [-0.2, 0) is 6.42 Å².